The smallest absolute Gasteiger partial charge is 0.340 e. The molecular weight excluding hydrogens is 235 g/mol. The van der Waals surface area contributed by atoms with Gasteiger partial charge in [0.1, 0.15) is 11.7 Å². The number of amidine groups is 1. The fourth-order valence-electron chi connectivity index (χ4n) is 1.04. The second-order valence-corrected chi connectivity index (χ2v) is 3.16. The zero-order chi connectivity index (χ0) is 12.1. The van der Waals surface area contributed by atoms with E-state index in [0.29, 0.717) is 5.69 Å². The second-order valence-electron chi connectivity index (χ2n) is 2.89. The van der Waals surface area contributed by atoms with Crippen LogP contribution in [0.3, 0.4) is 0 Å². The summed E-state index contributed by atoms with van der Waals surface area (Å²) in [4.78, 5) is 14.9. The third-order valence-electron chi connectivity index (χ3n) is 1.77. The van der Waals surface area contributed by atoms with Gasteiger partial charge in [-0.05, 0) is 12.1 Å². The fourth-order valence-corrected chi connectivity index (χ4v) is 1.10. The summed E-state index contributed by atoms with van der Waals surface area (Å²) in [5, 5.41) is 0. The molecule has 0 atom stereocenters. The standard InChI is InChI=1S/C10H10ClFN2O2/c1-16-10(15)7-3-2-6(4-8(7)12)14-9(13)5-11/h2-4H,5H2,1H3,(H2,13,14). The lowest BCUT2D eigenvalue weighted by atomic mass is 10.2. The van der Waals surface area contributed by atoms with Crippen LogP contribution in [0.2, 0.25) is 0 Å². The third kappa shape index (κ3) is 2.93. The van der Waals surface area contributed by atoms with Crippen molar-refractivity contribution in [2.24, 2.45) is 10.7 Å². The Morgan fingerprint density at radius 2 is 2.31 bits per heavy atom. The third-order valence-corrected chi connectivity index (χ3v) is 2.04. The van der Waals surface area contributed by atoms with Gasteiger partial charge >= 0.3 is 5.97 Å². The molecule has 16 heavy (non-hydrogen) atoms. The SMILES string of the molecule is COC(=O)c1ccc(N=C(N)CCl)cc1F. The molecule has 0 unspecified atom stereocenters. The van der Waals surface area contributed by atoms with E-state index in [2.05, 4.69) is 9.73 Å². The molecular formula is C10H10ClFN2O2. The van der Waals surface area contributed by atoms with Crippen LogP contribution < -0.4 is 5.73 Å². The lowest BCUT2D eigenvalue weighted by molar-refractivity contribution is 0.0595. The lowest BCUT2D eigenvalue weighted by Crippen LogP contribution is -2.12. The number of aliphatic imine (C=N–C) groups is 1. The Bertz CT molecular complexity index is 435. The minimum atomic E-state index is -0.738. The van der Waals surface area contributed by atoms with Crippen LogP contribution >= 0.6 is 11.6 Å². The zero-order valence-electron chi connectivity index (χ0n) is 8.54. The number of rotatable bonds is 3. The van der Waals surface area contributed by atoms with Gasteiger partial charge in [0, 0.05) is 6.07 Å². The molecule has 0 heterocycles. The molecule has 4 nitrogen and oxygen atoms in total. The number of hydrogen-bond acceptors (Lipinski definition) is 3. The highest BCUT2D eigenvalue weighted by Crippen LogP contribution is 2.17. The maximum absolute atomic E-state index is 13.4. The van der Waals surface area contributed by atoms with Gasteiger partial charge in [0.2, 0.25) is 0 Å². The monoisotopic (exact) mass is 244 g/mol. The van der Waals surface area contributed by atoms with Gasteiger partial charge in [-0.3, -0.25) is 0 Å². The maximum Gasteiger partial charge on any atom is 0.340 e. The van der Waals surface area contributed by atoms with Gasteiger partial charge < -0.3 is 10.5 Å². The van der Waals surface area contributed by atoms with Crippen molar-refractivity contribution < 1.29 is 13.9 Å². The molecule has 2 N–H and O–H groups in total. The Kier molecular flexibility index (Phi) is 4.25. The number of carbonyl (C=O) groups excluding carboxylic acids is 1. The van der Waals surface area contributed by atoms with Gasteiger partial charge in [-0.25, -0.2) is 14.2 Å². The molecule has 0 saturated heterocycles. The van der Waals surface area contributed by atoms with Crippen LogP contribution in [-0.2, 0) is 4.74 Å². The molecule has 0 radical (unpaired) electrons. The van der Waals surface area contributed by atoms with Crippen LogP contribution in [0.15, 0.2) is 23.2 Å². The maximum atomic E-state index is 13.4. The summed E-state index contributed by atoms with van der Waals surface area (Å²) in [5.74, 6) is -1.22. The highest BCUT2D eigenvalue weighted by molar-refractivity contribution is 6.28. The quantitative estimate of drug-likeness (QED) is 0.382. The molecule has 0 bridgehead atoms. The topological polar surface area (TPSA) is 64.7 Å². The summed E-state index contributed by atoms with van der Waals surface area (Å²) in [5.41, 5.74) is 5.53. The molecule has 0 aliphatic heterocycles. The van der Waals surface area contributed by atoms with E-state index < -0.39 is 11.8 Å². The number of nitrogens with two attached hydrogens (primary N) is 1. The molecule has 0 amide bonds. The molecule has 6 heteroatoms. The summed E-state index contributed by atoms with van der Waals surface area (Å²) in [6.45, 7) is 0. The van der Waals surface area contributed by atoms with Crippen LogP contribution in [0.25, 0.3) is 0 Å². The van der Waals surface area contributed by atoms with Crippen molar-refractivity contribution in [3.63, 3.8) is 0 Å². The van der Waals surface area contributed by atoms with Gasteiger partial charge in [-0.2, -0.15) is 0 Å². The highest BCUT2D eigenvalue weighted by atomic mass is 35.5. The van der Waals surface area contributed by atoms with Crippen molar-refractivity contribution in [1.29, 1.82) is 0 Å². The molecule has 86 valence electrons. The first-order valence-corrected chi connectivity index (χ1v) is 4.88. The number of halogens is 2. The molecule has 0 aliphatic rings. The van der Waals surface area contributed by atoms with E-state index in [-0.39, 0.29) is 17.3 Å². The largest absolute Gasteiger partial charge is 0.465 e. The summed E-state index contributed by atoms with van der Waals surface area (Å²) in [6, 6.07) is 3.82. The average molecular weight is 245 g/mol. The molecule has 0 aromatic heterocycles. The van der Waals surface area contributed by atoms with Gasteiger partial charge in [-0.15, -0.1) is 11.6 Å². The van der Waals surface area contributed by atoms with E-state index in [0.717, 1.165) is 6.07 Å². The van der Waals surface area contributed by atoms with Gasteiger partial charge in [-0.1, -0.05) is 0 Å². The first-order chi connectivity index (χ1) is 7.58. The fraction of sp³-hybridized carbons (Fsp3) is 0.200. The summed E-state index contributed by atoms with van der Waals surface area (Å²) in [6.07, 6.45) is 0. The average Bonchev–Trinajstić information content (AvgIpc) is 2.28. The first kappa shape index (κ1) is 12.4. The molecule has 0 fully saturated rings. The van der Waals surface area contributed by atoms with Crippen LogP contribution in [0.1, 0.15) is 10.4 Å². The van der Waals surface area contributed by atoms with Crippen LogP contribution in [0, 0.1) is 5.82 Å². The van der Waals surface area contributed by atoms with Crippen molar-refractivity contribution >= 4 is 29.1 Å². The molecule has 1 aromatic carbocycles. The molecule has 1 rings (SSSR count). The number of alkyl halides is 1. The van der Waals surface area contributed by atoms with Crippen molar-refractivity contribution in [2.45, 2.75) is 0 Å². The normalized spacial score (nSPS) is 11.3. The summed E-state index contributed by atoms with van der Waals surface area (Å²) < 4.78 is 17.8. The predicted molar refractivity (Wildman–Crippen MR) is 59.7 cm³/mol. The number of carbonyl (C=O) groups is 1. The summed E-state index contributed by atoms with van der Waals surface area (Å²) >= 11 is 5.42. The Morgan fingerprint density at radius 1 is 1.62 bits per heavy atom. The number of methoxy groups -OCH3 is 1. The van der Waals surface area contributed by atoms with Gasteiger partial charge in [0.05, 0.1) is 24.2 Å². The zero-order valence-corrected chi connectivity index (χ0v) is 9.29. The van der Waals surface area contributed by atoms with Crippen molar-refractivity contribution in [2.75, 3.05) is 13.0 Å². The lowest BCUT2D eigenvalue weighted by Gasteiger charge is -2.02. The Balaban J connectivity index is 3.04. The van der Waals surface area contributed by atoms with Crippen LogP contribution in [-0.4, -0.2) is 24.8 Å². The predicted octanol–water partition coefficient (Wildman–Crippen LogP) is 1.84. The van der Waals surface area contributed by atoms with Gasteiger partial charge in [0.15, 0.2) is 0 Å². The van der Waals surface area contributed by atoms with Crippen molar-refractivity contribution in [1.82, 2.24) is 0 Å². The first-order valence-electron chi connectivity index (χ1n) is 4.35. The van der Waals surface area contributed by atoms with E-state index >= 15 is 0 Å². The second kappa shape index (κ2) is 5.46. The highest BCUT2D eigenvalue weighted by Gasteiger charge is 2.11. The van der Waals surface area contributed by atoms with Crippen molar-refractivity contribution in [3.8, 4) is 0 Å². The Morgan fingerprint density at radius 3 is 2.81 bits per heavy atom. The summed E-state index contributed by atoms with van der Waals surface area (Å²) in [7, 11) is 1.18. The Hall–Kier alpha value is -1.62. The number of benzene rings is 1. The minimum Gasteiger partial charge on any atom is -0.465 e. The molecule has 0 spiro atoms. The van der Waals surface area contributed by atoms with E-state index in [9.17, 15) is 9.18 Å². The van der Waals surface area contributed by atoms with Crippen LogP contribution in [0.5, 0.6) is 0 Å². The molecule has 1 aromatic rings. The van der Waals surface area contributed by atoms with E-state index in [1.165, 1.54) is 19.2 Å². The number of esters is 1. The number of nitrogens with zero attached hydrogens (tertiary/aromatic N) is 1. The van der Waals surface area contributed by atoms with E-state index in [4.69, 9.17) is 17.3 Å². The molecule has 0 saturated carbocycles. The number of ether oxygens (including phenoxy) is 1. The van der Waals surface area contributed by atoms with Crippen molar-refractivity contribution in [3.05, 3.63) is 29.6 Å². The van der Waals surface area contributed by atoms with Gasteiger partial charge in [0.25, 0.3) is 0 Å². The number of hydrogen-bond donors (Lipinski definition) is 1. The Labute approximate surface area is 96.9 Å². The van der Waals surface area contributed by atoms with Crippen LogP contribution in [0.4, 0.5) is 10.1 Å². The molecule has 0 aliphatic carbocycles. The minimum absolute atomic E-state index is 0.0559. The van der Waals surface area contributed by atoms with E-state index in [1.807, 2.05) is 0 Å². The van der Waals surface area contributed by atoms with E-state index in [1.54, 1.807) is 0 Å².